The highest BCUT2D eigenvalue weighted by Gasteiger charge is 2.18. The van der Waals surface area contributed by atoms with E-state index in [1.165, 1.54) is 6.42 Å². The quantitative estimate of drug-likeness (QED) is 0.794. The van der Waals surface area contributed by atoms with E-state index in [1.54, 1.807) is 0 Å². The molecule has 4 nitrogen and oxygen atoms in total. The zero-order valence-electron chi connectivity index (χ0n) is 10.4. The summed E-state index contributed by atoms with van der Waals surface area (Å²) in [6.45, 7) is 5.10. The van der Waals surface area contributed by atoms with Crippen LogP contribution in [0.1, 0.15) is 31.0 Å². The van der Waals surface area contributed by atoms with Crippen LogP contribution in [0.5, 0.6) is 0 Å². The maximum absolute atomic E-state index is 5.75. The lowest BCUT2D eigenvalue weighted by molar-refractivity contribution is 0.702. The largest absolute Gasteiger partial charge is 0.389 e. The van der Waals surface area contributed by atoms with Crippen LogP contribution in [0.2, 0.25) is 0 Å². The fourth-order valence-electron chi connectivity index (χ4n) is 1.87. The molecule has 1 heterocycles. The third-order valence-electron chi connectivity index (χ3n) is 2.65. The van der Waals surface area contributed by atoms with Gasteiger partial charge in [-0.2, -0.15) is 5.10 Å². The third-order valence-corrected chi connectivity index (χ3v) is 2.85. The summed E-state index contributed by atoms with van der Waals surface area (Å²) >= 11 is 5.08. The van der Waals surface area contributed by atoms with Crippen LogP contribution in [-0.4, -0.2) is 28.4 Å². The predicted molar refractivity (Wildman–Crippen MR) is 72.0 cm³/mol. The van der Waals surface area contributed by atoms with Gasteiger partial charge in [-0.05, 0) is 13.3 Å². The highest BCUT2D eigenvalue weighted by molar-refractivity contribution is 7.80. The Morgan fingerprint density at radius 3 is 2.69 bits per heavy atom. The zero-order chi connectivity index (χ0) is 12.3. The van der Waals surface area contributed by atoms with Gasteiger partial charge in [0.1, 0.15) is 10.8 Å². The summed E-state index contributed by atoms with van der Waals surface area (Å²) < 4.78 is 1.85. The minimum atomic E-state index is 0.420. The van der Waals surface area contributed by atoms with Crippen LogP contribution in [0.3, 0.4) is 0 Å². The molecular weight excluding hydrogens is 220 g/mol. The van der Waals surface area contributed by atoms with Gasteiger partial charge in [-0.25, -0.2) is 0 Å². The first-order valence-electron chi connectivity index (χ1n) is 5.53. The Labute approximate surface area is 102 Å². The van der Waals surface area contributed by atoms with E-state index < -0.39 is 0 Å². The van der Waals surface area contributed by atoms with E-state index in [9.17, 15) is 0 Å². The normalized spacial score (nSPS) is 10.5. The molecule has 0 spiro atoms. The average molecular weight is 240 g/mol. The fourth-order valence-corrected chi connectivity index (χ4v) is 2.11. The molecule has 0 radical (unpaired) electrons. The Morgan fingerprint density at radius 1 is 1.56 bits per heavy atom. The van der Waals surface area contributed by atoms with Crippen LogP contribution < -0.4 is 10.6 Å². The van der Waals surface area contributed by atoms with Crippen molar-refractivity contribution in [2.75, 3.05) is 18.5 Å². The van der Waals surface area contributed by atoms with Gasteiger partial charge in [-0.1, -0.05) is 25.6 Å². The molecule has 0 unspecified atom stereocenters. The molecule has 0 aliphatic rings. The van der Waals surface area contributed by atoms with Crippen molar-refractivity contribution >= 4 is 23.0 Å². The lowest BCUT2D eigenvalue weighted by atomic mass is 10.2. The SMILES string of the molecule is CCCCN(C)c1c(C(N)=S)c(C)nn1C. The highest BCUT2D eigenvalue weighted by atomic mass is 32.1. The molecule has 0 saturated carbocycles. The van der Waals surface area contributed by atoms with Crippen molar-refractivity contribution in [2.45, 2.75) is 26.7 Å². The molecule has 0 fully saturated rings. The van der Waals surface area contributed by atoms with Crippen molar-refractivity contribution in [3.05, 3.63) is 11.3 Å². The standard InChI is InChI=1S/C11H20N4S/c1-5-6-7-14(3)11-9(10(12)16)8(2)13-15(11)4/h5-7H2,1-4H3,(H2,12,16). The van der Waals surface area contributed by atoms with Crippen molar-refractivity contribution in [2.24, 2.45) is 12.8 Å². The van der Waals surface area contributed by atoms with Gasteiger partial charge < -0.3 is 10.6 Å². The van der Waals surface area contributed by atoms with Crippen molar-refractivity contribution in [1.82, 2.24) is 9.78 Å². The van der Waals surface area contributed by atoms with Crippen LogP contribution in [-0.2, 0) is 7.05 Å². The second-order valence-corrected chi connectivity index (χ2v) is 4.49. The molecule has 1 aromatic heterocycles. The van der Waals surface area contributed by atoms with Gasteiger partial charge in [0.2, 0.25) is 0 Å². The Kier molecular flexibility index (Phi) is 4.29. The number of unbranched alkanes of at least 4 members (excludes halogenated alkanes) is 1. The lowest BCUT2D eigenvalue weighted by Gasteiger charge is -2.20. The van der Waals surface area contributed by atoms with Gasteiger partial charge in [0.25, 0.3) is 0 Å². The topological polar surface area (TPSA) is 47.1 Å². The number of thiocarbonyl (C=S) groups is 1. The van der Waals surface area contributed by atoms with E-state index >= 15 is 0 Å². The van der Waals surface area contributed by atoms with Crippen LogP contribution in [0, 0.1) is 6.92 Å². The number of hydrogen-bond donors (Lipinski definition) is 1. The van der Waals surface area contributed by atoms with Gasteiger partial charge >= 0.3 is 0 Å². The van der Waals surface area contributed by atoms with Crippen molar-refractivity contribution < 1.29 is 0 Å². The van der Waals surface area contributed by atoms with Gasteiger partial charge in [0, 0.05) is 20.6 Å². The van der Waals surface area contributed by atoms with Crippen molar-refractivity contribution in [3.63, 3.8) is 0 Å². The minimum Gasteiger partial charge on any atom is -0.389 e. The second-order valence-electron chi connectivity index (χ2n) is 4.05. The fraction of sp³-hybridized carbons (Fsp3) is 0.636. The van der Waals surface area contributed by atoms with Crippen LogP contribution in [0.25, 0.3) is 0 Å². The first-order chi connectivity index (χ1) is 7.49. The van der Waals surface area contributed by atoms with E-state index in [2.05, 4.69) is 16.9 Å². The number of nitrogens with two attached hydrogens (primary N) is 1. The highest BCUT2D eigenvalue weighted by Crippen LogP contribution is 2.22. The first-order valence-corrected chi connectivity index (χ1v) is 5.94. The Morgan fingerprint density at radius 2 is 2.19 bits per heavy atom. The van der Waals surface area contributed by atoms with Gasteiger partial charge in [-0.15, -0.1) is 0 Å². The van der Waals surface area contributed by atoms with Gasteiger partial charge in [-0.3, -0.25) is 4.68 Å². The number of hydrogen-bond acceptors (Lipinski definition) is 3. The molecular formula is C11H20N4S. The van der Waals surface area contributed by atoms with Crippen molar-refractivity contribution in [1.29, 1.82) is 0 Å². The monoisotopic (exact) mass is 240 g/mol. The number of nitrogens with zero attached hydrogens (tertiary/aromatic N) is 3. The first kappa shape index (κ1) is 13.0. The summed E-state index contributed by atoms with van der Waals surface area (Å²) in [5.74, 6) is 1.01. The molecule has 1 rings (SSSR count). The molecule has 1 aromatic rings. The van der Waals surface area contributed by atoms with Crippen LogP contribution in [0.4, 0.5) is 5.82 Å². The molecule has 0 atom stereocenters. The molecule has 0 amide bonds. The van der Waals surface area contributed by atoms with Crippen LogP contribution >= 0.6 is 12.2 Å². The Bertz CT molecular complexity index is 384. The molecule has 0 aliphatic carbocycles. The molecule has 0 aliphatic heterocycles. The van der Waals surface area contributed by atoms with E-state index in [0.717, 1.165) is 30.0 Å². The number of aryl methyl sites for hydroxylation is 2. The Balaban J connectivity index is 3.06. The lowest BCUT2D eigenvalue weighted by Crippen LogP contribution is -2.24. The molecule has 0 aromatic carbocycles. The molecule has 0 saturated heterocycles. The Hall–Kier alpha value is -1.10. The molecule has 0 bridgehead atoms. The number of anilines is 1. The predicted octanol–water partition coefficient (Wildman–Crippen LogP) is 1.60. The average Bonchev–Trinajstić information content (AvgIpc) is 2.50. The summed E-state index contributed by atoms with van der Waals surface area (Å²) in [7, 11) is 3.97. The molecule has 5 heteroatoms. The van der Waals surface area contributed by atoms with Crippen LogP contribution in [0.15, 0.2) is 0 Å². The molecule has 2 N–H and O–H groups in total. The van der Waals surface area contributed by atoms with Gasteiger partial charge in [0.05, 0.1) is 11.3 Å². The third kappa shape index (κ3) is 2.52. The van der Waals surface area contributed by atoms with E-state index in [1.807, 2.05) is 25.7 Å². The maximum Gasteiger partial charge on any atom is 0.136 e. The van der Waals surface area contributed by atoms with Gasteiger partial charge in [0.15, 0.2) is 0 Å². The van der Waals surface area contributed by atoms with Crippen molar-refractivity contribution in [3.8, 4) is 0 Å². The molecule has 16 heavy (non-hydrogen) atoms. The summed E-state index contributed by atoms with van der Waals surface area (Å²) in [4.78, 5) is 2.58. The second kappa shape index (κ2) is 5.30. The van der Waals surface area contributed by atoms with E-state index in [4.69, 9.17) is 18.0 Å². The summed E-state index contributed by atoms with van der Waals surface area (Å²) in [5.41, 5.74) is 7.54. The number of aromatic nitrogens is 2. The molecule has 90 valence electrons. The summed E-state index contributed by atoms with van der Waals surface area (Å²) in [6.07, 6.45) is 2.32. The maximum atomic E-state index is 5.75. The summed E-state index contributed by atoms with van der Waals surface area (Å²) in [6, 6.07) is 0. The van der Waals surface area contributed by atoms with E-state index in [-0.39, 0.29) is 0 Å². The minimum absolute atomic E-state index is 0.420. The summed E-state index contributed by atoms with van der Waals surface area (Å²) in [5, 5.41) is 4.37. The smallest absolute Gasteiger partial charge is 0.136 e. The zero-order valence-corrected chi connectivity index (χ0v) is 11.3. The number of rotatable bonds is 5. The van der Waals surface area contributed by atoms with E-state index in [0.29, 0.717) is 4.99 Å².